The number of methoxy groups -OCH3 is 2. The third-order valence-corrected chi connectivity index (χ3v) is 4.16. The molecular formula is C14H14FNO4S. The van der Waals surface area contributed by atoms with Crippen molar-refractivity contribution < 1.29 is 22.3 Å². The van der Waals surface area contributed by atoms with E-state index in [1.807, 2.05) is 0 Å². The Morgan fingerprint density at radius 3 is 2.24 bits per heavy atom. The molecule has 2 aromatic carbocycles. The highest BCUT2D eigenvalue weighted by atomic mass is 32.2. The van der Waals surface area contributed by atoms with Gasteiger partial charge in [-0.15, -0.1) is 0 Å². The highest BCUT2D eigenvalue weighted by molar-refractivity contribution is 7.92. The molecule has 7 heteroatoms. The van der Waals surface area contributed by atoms with Crippen LogP contribution in [0.4, 0.5) is 10.1 Å². The highest BCUT2D eigenvalue weighted by Gasteiger charge is 2.17. The predicted molar refractivity (Wildman–Crippen MR) is 76.8 cm³/mol. The molecule has 0 amide bonds. The fourth-order valence-electron chi connectivity index (χ4n) is 1.72. The first-order valence-corrected chi connectivity index (χ1v) is 7.45. The molecule has 0 aliphatic heterocycles. The maximum absolute atomic E-state index is 13.3. The van der Waals surface area contributed by atoms with Crippen molar-refractivity contribution in [1.29, 1.82) is 0 Å². The lowest BCUT2D eigenvalue weighted by Crippen LogP contribution is -2.13. The molecule has 5 nitrogen and oxygen atoms in total. The Bertz CT molecular complexity index is 729. The Kier molecular flexibility index (Phi) is 4.32. The Hall–Kier alpha value is -2.28. The molecule has 0 bridgehead atoms. The summed E-state index contributed by atoms with van der Waals surface area (Å²) in [5, 5.41) is 0. The van der Waals surface area contributed by atoms with Gasteiger partial charge < -0.3 is 9.47 Å². The second-order valence-electron chi connectivity index (χ2n) is 4.13. The van der Waals surface area contributed by atoms with Crippen LogP contribution in [0, 0.1) is 5.82 Å². The Morgan fingerprint density at radius 1 is 1.00 bits per heavy atom. The Balaban J connectivity index is 2.34. The molecule has 0 saturated heterocycles. The van der Waals surface area contributed by atoms with Crippen molar-refractivity contribution in [2.75, 3.05) is 18.9 Å². The van der Waals surface area contributed by atoms with Gasteiger partial charge in [0.1, 0.15) is 17.3 Å². The minimum atomic E-state index is -3.84. The molecule has 0 heterocycles. The van der Waals surface area contributed by atoms with Gasteiger partial charge >= 0.3 is 0 Å². The topological polar surface area (TPSA) is 64.6 Å². The minimum absolute atomic E-state index is 0.0355. The number of sulfonamides is 1. The molecule has 0 unspecified atom stereocenters. The summed E-state index contributed by atoms with van der Waals surface area (Å²) in [6.07, 6.45) is 0. The zero-order valence-electron chi connectivity index (χ0n) is 11.5. The lowest BCUT2D eigenvalue weighted by molar-refractivity contribution is 0.414. The normalized spacial score (nSPS) is 11.0. The molecule has 0 aromatic heterocycles. The van der Waals surface area contributed by atoms with Gasteiger partial charge in [0, 0.05) is 6.07 Å². The van der Waals surface area contributed by atoms with Crippen LogP contribution in [0.25, 0.3) is 0 Å². The predicted octanol–water partition coefficient (Wildman–Crippen LogP) is 2.64. The molecular weight excluding hydrogens is 297 g/mol. The summed E-state index contributed by atoms with van der Waals surface area (Å²) < 4.78 is 50.0. The molecule has 0 aliphatic carbocycles. The average Bonchev–Trinajstić information content (AvgIpc) is 2.47. The second kappa shape index (κ2) is 6.01. The van der Waals surface area contributed by atoms with E-state index in [1.54, 1.807) is 0 Å². The Labute approximate surface area is 122 Å². The average molecular weight is 311 g/mol. The molecule has 0 fully saturated rings. The quantitative estimate of drug-likeness (QED) is 0.922. The first-order valence-electron chi connectivity index (χ1n) is 5.96. The van der Waals surface area contributed by atoms with Crippen LogP contribution in [-0.2, 0) is 10.0 Å². The van der Waals surface area contributed by atoms with Gasteiger partial charge in [0.2, 0.25) is 0 Å². The molecule has 112 valence electrons. The Morgan fingerprint density at radius 2 is 1.67 bits per heavy atom. The van der Waals surface area contributed by atoms with Crippen LogP contribution in [0.2, 0.25) is 0 Å². The van der Waals surface area contributed by atoms with E-state index in [1.165, 1.54) is 50.6 Å². The molecule has 0 aliphatic rings. The summed E-state index contributed by atoms with van der Waals surface area (Å²) in [5.41, 5.74) is 0.0355. The molecule has 21 heavy (non-hydrogen) atoms. The number of benzene rings is 2. The molecule has 0 atom stereocenters. The van der Waals surface area contributed by atoms with E-state index in [4.69, 9.17) is 9.47 Å². The number of ether oxygens (including phenoxy) is 2. The van der Waals surface area contributed by atoms with Crippen LogP contribution in [0.15, 0.2) is 47.4 Å². The van der Waals surface area contributed by atoms with Gasteiger partial charge in [-0.2, -0.15) is 0 Å². The summed E-state index contributed by atoms with van der Waals surface area (Å²) in [4.78, 5) is 0.0367. The lowest BCUT2D eigenvalue weighted by atomic mass is 10.3. The molecule has 0 spiro atoms. The third kappa shape index (κ3) is 3.43. The van der Waals surface area contributed by atoms with Crippen LogP contribution in [-0.4, -0.2) is 22.6 Å². The van der Waals surface area contributed by atoms with Crippen LogP contribution in [0.5, 0.6) is 11.5 Å². The van der Waals surface area contributed by atoms with E-state index in [-0.39, 0.29) is 16.3 Å². The van der Waals surface area contributed by atoms with Gasteiger partial charge in [-0.3, -0.25) is 4.72 Å². The maximum atomic E-state index is 13.3. The van der Waals surface area contributed by atoms with Crippen molar-refractivity contribution in [2.45, 2.75) is 4.90 Å². The zero-order valence-corrected chi connectivity index (χ0v) is 12.3. The summed E-state index contributed by atoms with van der Waals surface area (Å²) in [6.45, 7) is 0. The first-order chi connectivity index (χ1) is 9.96. The molecule has 2 rings (SSSR count). The van der Waals surface area contributed by atoms with Crippen molar-refractivity contribution in [2.24, 2.45) is 0 Å². The van der Waals surface area contributed by atoms with E-state index in [9.17, 15) is 12.8 Å². The molecule has 1 N–H and O–H groups in total. The summed E-state index contributed by atoms with van der Waals surface area (Å²) in [5.74, 6) is 0.203. The first kappa shape index (κ1) is 15.1. The summed E-state index contributed by atoms with van der Waals surface area (Å²) in [7, 11) is -0.981. The monoisotopic (exact) mass is 311 g/mol. The number of hydrogen-bond donors (Lipinski definition) is 1. The van der Waals surface area contributed by atoms with E-state index in [2.05, 4.69) is 4.72 Å². The molecule has 0 saturated carbocycles. The lowest BCUT2D eigenvalue weighted by Gasteiger charge is -2.12. The fraction of sp³-hybridized carbons (Fsp3) is 0.143. The summed E-state index contributed by atoms with van der Waals surface area (Å²) in [6, 6.07) is 9.43. The molecule has 0 radical (unpaired) electrons. The van der Waals surface area contributed by atoms with E-state index < -0.39 is 15.8 Å². The number of hydrogen-bond acceptors (Lipinski definition) is 4. The van der Waals surface area contributed by atoms with Crippen molar-refractivity contribution in [3.05, 3.63) is 48.3 Å². The minimum Gasteiger partial charge on any atom is -0.497 e. The maximum Gasteiger partial charge on any atom is 0.262 e. The van der Waals surface area contributed by atoms with Gasteiger partial charge in [0.15, 0.2) is 0 Å². The van der Waals surface area contributed by atoms with Gasteiger partial charge in [-0.1, -0.05) is 0 Å². The standard InChI is InChI=1S/C14H14FNO4S/c1-19-11-4-6-12(7-5-11)21(17,18)16-13-9-10(15)3-8-14(13)20-2/h3-9,16H,1-2H3. The van der Waals surface area contributed by atoms with E-state index in [0.29, 0.717) is 5.75 Å². The van der Waals surface area contributed by atoms with E-state index >= 15 is 0 Å². The van der Waals surface area contributed by atoms with E-state index in [0.717, 1.165) is 6.07 Å². The van der Waals surface area contributed by atoms with Crippen molar-refractivity contribution in [3.63, 3.8) is 0 Å². The highest BCUT2D eigenvalue weighted by Crippen LogP contribution is 2.27. The van der Waals surface area contributed by atoms with Crippen molar-refractivity contribution in [3.8, 4) is 11.5 Å². The summed E-state index contributed by atoms with van der Waals surface area (Å²) >= 11 is 0. The third-order valence-electron chi connectivity index (χ3n) is 2.78. The zero-order chi connectivity index (χ0) is 15.5. The smallest absolute Gasteiger partial charge is 0.262 e. The number of halogens is 1. The van der Waals surface area contributed by atoms with Crippen LogP contribution in [0.3, 0.4) is 0 Å². The largest absolute Gasteiger partial charge is 0.497 e. The van der Waals surface area contributed by atoms with Crippen molar-refractivity contribution in [1.82, 2.24) is 0 Å². The molecule has 2 aromatic rings. The van der Waals surface area contributed by atoms with Gasteiger partial charge in [0.25, 0.3) is 10.0 Å². The van der Waals surface area contributed by atoms with Crippen molar-refractivity contribution >= 4 is 15.7 Å². The fourth-order valence-corrected chi connectivity index (χ4v) is 2.78. The second-order valence-corrected chi connectivity index (χ2v) is 5.81. The van der Waals surface area contributed by atoms with Gasteiger partial charge in [-0.25, -0.2) is 12.8 Å². The van der Waals surface area contributed by atoms with Crippen LogP contribution < -0.4 is 14.2 Å². The SMILES string of the molecule is COc1ccc(S(=O)(=O)Nc2cc(F)ccc2OC)cc1. The number of anilines is 1. The van der Waals surface area contributed by atoms with Crippen LogP contribution >= 0.6 is 0 Å². The number of nitrogens with one attached hydrogen (secondary N) is 1. The number of rotatable bonds is 5. The van der Waals surface area contributed by atoms with Crippen LogP contribution in [0.1, 0.15) is 0 Å². The van der Waals surface area contributed by atoms with Gasteiger partial charge in [0.05, 0.1) is 24.8 Å². The van der Waals surface area contributed by atoms with Gasteiger partial charge in [-0.05, 0) is 36.4 Å².